The lowest BCUT2D eigenvalue weighted by Gasteiger charge is -2.39. The van der Waals surface area contributed by atoms with E-state index in [9.17, 15) is 4.79 Å². The lowest BCUT2D eigenvalue weighted by Crippen LogP contribution is -2.54. The average Bonchev–Trinajstić information content (AvgIpc) is 3.13. The van der Waals surface area contributed by atoms with Crippen LogP contribution in [0.15, 0.2) is 24.3 Å². The summed E-state index contributed by atoms with van der Waals surface area (Å²) in [7, 11) is 0. The summed E-state index contributed by atoms with van der Waals surface area (Å²) in [4.78, 5) is 14.5. The van der Waals surface area contributed by atoms with Crippen molar-refractivity contribution in [3.05, 3.63) is 29.8 Å². The minimum Gasteiger partial charge on any atom is -0.480 e. The molecule has 112 valence electrons. The van der Waals surface area contributed by atoms with Crippen LogP contribution in [0.2, 0.25) is 0 Å². The van der Waals surface area contributed by atoms with E-state index in [1.165, 1.54) is 0 Å². The Morgan fingerprint density at radius 1 is 1.24 bits per heavy atom. The van der Waals surface area contributed by atoms with Crippen LogP contribution in [-0.2, 0) is 20.7 Å². The van der Waals surface area contributed by atoms with Gasteiger partial charge in [-0.15, -0.1) is 0 Å². The summed E-state index contributed by atoms with van der Waals surface area (Å²) in [5.41, 5.74) is 1.11. The highest BCUT2D eigenvalue weighted by Gasteiger charge is 2.44. The van der Waals surface area contributed by atoms with Gasteiger partial charge in [0.15, 0.2) is 11.9 Å². The summed E-state index contributed by atoms with van der Waals surface area (Å²) < 4.78 is 17.3. The van der Waals surface area contributed by atoms with E-state index >= 15 is 0 Å². The van der Waals surface area contributed by atoms with Crippen LogP contribution in [0.1, 0.15) is 18.4 Å². The van der Waals surface area contributed by atoms with Gasteiger partial charge in [-0.25, -0.2) is 0 Å². The first-order chi connectivity index (χ1) is 10.3. The van der Waals surface area contributed by atoms with Crippen molar-refractivity contribution >= 4 is 5.91 Å². The molecule has 1 atom stereocenters. The van der Waals surface area contributed by atoms with E-state index in [1.807, 2.05) is 29.2 Å². The smallest absolute Gasteiger partial charge is 0.264 e. The third-order valence-electron chi connectivity index (χ3n) is 4.47. The molecule has 1 aromatic rings. The Bertz CT molecular complexity index is 528. The molecular weight excluding hydrogens is 270 g/mol. The van der Waals surface area contributed by atoms with Gasteiger partial charge in [-0.3, -0.25) is 4.79 Å². The van der Waals surface area contributed by atoms with Crippen molar-refractivity contribution in [1.82, 2.24) is 4.90 Å². The summed E-state index contributed by atoms with van der Waals surface area (Å²) in [5, 5.41) is 0. The Labute approximate surface area is 123 Å². The molecule has 2 saturated heterocycles. The van der Waals surface area contributed by atoms with Crippen LogP contribution in [0.4, 0.5) is 0 Å². The summed E-state index contributed by atoms with van der Waals surface area (Å²) in [6, 6.07) is 7.85. The molecule has 0 N–H and O–H groups in total. The Morgan fingerprint density at radius 3 is 2.86 bits per heavy atom. The van der Waals surface area contributed by atoms with Gasteiger partial charge >= 0.3 is 0 Å². The first-order valence-corrected chi connectivity index (χ1v) is 7.57. The van der Waals surface area contributed by atoms with Crippen LogP contribution in [0.25, 0.3) is 0 Å². The Hall–Kier alpha value is -1.59. The summed E-state index contributed by atoms with van der Waals surface area (Å²) in [6.45, 7) is 2.51. The number of hydrogen-bond acceptors (Lipinski definition) is 4. The van der Waals surface area contributed by atoms with Crippen molar-refractivity contribution in [2.75, 3.05) is 26.3 Å². The number of amides is 1. The van der Waals surface area contributed by atoms with E-state index in [0.29, 0.717) is 26.2 Å². The van der Waals surface area contributed by atoms with Gasteiger partial charge < -0.3 is 19.1 Å². The number of nitrogens with zero attached hydrogens (tertiary/aromatic N) is 1. The van der Waals surface area contributed by atoms with Crippen LogP contribution < -0.4 is 4.74 Å². The Morgan fingerprint density at radius 2 is 2.05 bits per heavy atom. The molecule has 21 heavy (non-hydrogen) atoms. The van der Waals surface area contributed by atoms with E-state index in [1.54, 1.807) is 0 Å². The molecule has 0 aromatic heterocycles. The molecule has 5 nitrogen and oxygen atoms in total. The minimum atomic E-state index is -0.570. The maximum absolute atomic E-state index is 12.7. The third-order valence-corrected chi connectivity index (χ3v) is 4.47. The quantitative estimate of drug-likeness (QED) is 0.783. The molecule has 4 rings (SSSR count). The fraction of sp³-hybridized carbons (Fsp3) is 0.562. The lowest BCUT2D eigenvalue weighted by atomic mass is 10.0. The van der Waals surface area contributed by atoms with Crippen LogP contribution in [0.3, 0.4) is 0 Å². The third kappa shape index (κ3) is 2.30. The van der Waals surface area contributed by atoms with Crippen molar-refractivity contribution in [2.24, 2.45) is 0 Å². The molecule has 2 fully saturated rings. The molecule has 1 unspecified atom stereocenters. The van der Waals surface area contributed by atoms with Crippen molar-refractivity contribution in [2.45, 2.75) is 31.2 Å². The van der Waals surface area contributed by atoms with Crippen molar-refractivity contribution in [1.29, 1.82) is 0 Å². The van der Waals surface area contributed by atoms with Gasteiger partial charge in [0.2, 0.25) is 0 Å². The number of para-hydroxylation sites is 1. The molecule has 1 amide bonds. The second kappa shape index (κ2) is 5.00. The van der Waals surface area contributed by atoms with Crippen LogP contribution in [-0.4, -0.2) is 49.0 Å². The first-order valence-electron chi connectivity index (χ1n) is 7.57. The number of carbonyl (C=O) groups is 1. The van der Waals surface area contributed by atoms with Crippen LogP contribution in [0.5, 0.6) is 5.75 Å². The normalized spacial score (nSPS) is 26.7. The highest BCUT2D eigenvalue weighted by molar-refractivity contribution is 5.82. The first kappa shape index (κ1) is 13.1. The molecular formula is C16H19NO4. The zero-order chi connectivity index (χ0) is 14.3. The van der Waals surface area contributed by atoms with Gasteiger partial charge in [-0.05, 0) is 18.1 Å². The van der Waals surface area contributed by atoms with E-state index in [0.717, 1.165) is 30.7 Å². The molecule has 0 aliphatic carbocycles. The second-order valence-corrected chi connectivity index (χ2v) is 5.89. The van der Waals surface area contributed by atoms with E-state index < -0.39 is 11.9 Å². The van der Waals surface area contributed by atoms with Crippen molar-refractivity contribution < 1.29 is 19.0 Å². The predicted octanol–water partition coefficient (Wildman–Crippen LogP) is 1.36. The number of benzene rings is 1. The summed E-state index contributed by atoms with van der Waals surface area (Å²) in [5.74, 6) is 0.305. The number of likely N-dealkylation sites (tertiary alicyclic amines) is 1. The minimum absolute atomic E-state index is 0.0457. The fourth-order valence-electron chi connectivity index (χ4n) is 3.43. The van der Waals surface area contributed by atoms with Gasteiger partial charge in [-0.1, -0.05) is 18.2 Å². The number of piperidine rings is 1. The summed E-state index contributed by atoms with van der Waals surface area (Å²) >= 11 is 0. The summed E-state index contributed by atoms with van der Waals surface area (Å²) in [6.07, 6.45) is 2.02. The molecule has 1 aromatic carbocycles. The number of carbonyl (C=O) groups excluding carboxylic acids is 1. The van der Waals surface area contributed by atoms with E-state index in [2.05, 4.69) is 0 Å². The number of fused-ring (bicyclic) bond motifs is 1. The maximum atomic E-state index is 12.7. The van der Waals surface area contributed by atoms with Gasteiger partial charge in [-0.2, -0.15) is 0 Å². The van der Waals surface area contributed by atoms with Crippen LogP contribution >= 0.6 is 0 Å². The number of hydrogen-bond donors (Lipinski definition) is 0. The molecule has 0 saturated carbocycles. The van der Waals surface area contributed by atoms with Gasteiger partial charge in [0.25, 0.3) is 5.91 Å². The van der Waals surface area contributed by atoms with E-state index in [4.69, 9.17) is 14.2 Å². The SMILES string of the molecule is O=C(C1Cc2ccccc2O1)N1CCCC2(C1)OCCO2. The Balaban J connectivity index is 1.46. The fourth-order valence-corrected chi connectivity index (χ4v) is 3.43. The topological polar surface area (TPSA) is 48.0 Å². The number of ether oxygens (including phenoxy) is 3. The monoisotopic (exact) mass is 289 g/mol. The van der Waals surface area contributed by atoms with E-state index in [-0.39, 0.29) is 5.91 Å². The Kier molecular flexibility index (Phi) is 3.12. The lowest BCUT2D eigenvalue weighted by molar-refractivity contribution is -0.195. The molecule has 3 aliphatic rings. The zero-order valence-corrected chi connectivity index (χ0v) is 11.9. The van der Waals surface area contributed by atoms with Crippen LogP contribution in [0, 0.1) is 0 Å². The largest absolute Gasteiger partial charge is 0.480 e. The molecule has 0 radical (unpaired) electrons. The maximum Gasteiger partial charge on any atom is 0.264 e. The van der Waals surface area contributed by atoms with Gasteiger partial charge in [0, 0.05) is 19.4 Å². The standard InChI is InChI=1S/C16H19NO4/c18-15(14-10-12-4-1-2-5-13(12)21-14)17-7-3-6-16(11-17)19-8-9-20-16/h1-2,4-5,14H,3,6-11H2. The molecule has 0 bridgehead atoms. The molecule has 5 heteroatoms. The predicted molar refractivity (Wildman–Crippen MR) is 75.0 cm³/mol. The van der Waals surface area contributed by atoms with Crippen molar-refractivity contribution in [3.8, 4) is 5.75 Å². The molecule has 1 spiro atoms. The van der Waals surface area contributed by atoms with Crippen molar-refractivity contribution in [3.63, 3.8) is 0 Å². The highest BCUT2D eigenvalue weighted by Crippen LogP contribution is 2.33. The van der Waals surface area contributed by atoms with Gasteiger partial charge in [0.05, 0.1) is 19.8 Å². The second-order valence-electron chi connectivity index (χ2n) is 5.89. The zero-order valence-electron chi connectivity index (χ0n) is 11.9. The molecule has 3 aliphatic heterocycles. The van der Waals surface area contributed by atoms with Gasteiger partial charge in [0.1, 0.15) is 5.75 Å². The highest BCUT2D eigenvalue weighted by atomic mass is 16.7. The number of rotatable bonds is 1. The molecule has 3 heterocycles. The average molecular weight is 289 g/mol.